The number of guanidine groups is 1. The highest BCUT2D eigenvalue weighted by atomic mass is 32.2. The van der Waals surface area contributed by atoms with Gasteiger partial charge in [0.1, 0.15) is 11.4 Å². The molecule has 1 fully saturated rings. The first-order valence-corrected chi connectivity index (χ1v) is 14.6. The van der Waals surface area contributed by atoms with Crippen LogP contribution in [0, 0.1) is 20.8 Å². The number of carbonyl (C=O) groups excluding carboxylic acids is 2. The Bertz CT molecular complexity index is 1200. The van der Waals surface area contributed by atoms with Gasteiger partial charge in [-0.3, -0.25) is 9.79 Å². The van der Waals surface area contributed by atoms with Gasteiger partial charge < -0.3 is 25.0 Å². The van der Waals surface area contributed by atoms with Gasteiger partial charge in [0.05, 0.1) is 11.5 Å². The summed E-state index contributed by atoms with van der Waals surface area (Å²) in [6, 6.07) is 0. The number of hydrogen-bond acceptors (Lipinski definition) is 7. The smallest absolute Gasteiger partial charge is 0.409 e. The van der Waals surface area contributed by atoms with Crippen LogP contribution < -0.4 is 15.2 Å². The molecule has 0 radical (unpaired) electrons. The predicted molar refractivity (Wildman–Crippen MR) is 145 cm³/mol. The summed E-state index contributed by atoms with van der Waals surface area (Å²) >= 11 is 0. The lowest BCUT2D eigenvalue weighted by atomic mass is 9.94. The Morgan fingerprint density at radius 3 is 2.32 bits per heavy atom. The summed E-state index contributed by atoms with van der Waals surface area (Å²) in [5, 5.41) is 0. The van der Waals surface area contributed by atoms with Crippen LogP contribution in [0.15, 0.2) is 9.89 Å². The number of unbranched alkanes of at least 4 members (excludes halogenated alkanes) is 1. The fourth-order valence-corrected chi connectivity index (χ4v) is 6.49. The van der Waals surface area contributed by atoms with Crippen LogP contribution in [-0.2, 0) is 26.0 Å². The number of nitrogens with zero attached hydrogens (tertiary/aromatic N) is 3. The van der Waals surface area contributed by atoms with E-state index in [-0.39, 0.29) is 28.5 Å². The average molecular weight is 552 g/mol. The second kappa shape index (κ2) is 11.8. The van der Waals surface area contributed by atoms with E-state index >= 15 is 0 Å². The predicted octanol–water partition coefficient (Wildman–Crippen LogP) is 2.39. The highest BCUT2D eigenvalue weighted by Gasteiger charge is 2.36. The highest BCUT2D eigenvalue weighted by molar-refractivity contribution is 7.90. The molecule has 0 atom stereocenters. The molecule has 0 saturated carbocycles. The van der Waals surface area contributed by atoms with Crippen LogP contribution >= 0.6 is 0 Å². The molecule has 0 aromatic heterocycles. The van der Waals surface area contributed by atoms with Gasteiger partial charge in [-0.05, 0) is 71.1 Å². The van der Waals surface area contributed by atoms with E-state index in [1.54, 1.807) is 30.6 Å². The first-order chi connectivity index (χ1) is 17.8. The molecular weight excluding hydrogens is 510 g/mol. The molecule has 11 nitrogen and oxygen atoms in total. The zero-order valence-corrected chi connectivity index (χ0v) is 24.2. The molecule has 212 valence electrons. The van der Waals surface area contributed by atoms with Gasteiger partial charge in [-0.1, -0.05) is 0 Å². The summed E-state index contributed by atoms with van der Waals surface area (Å²) < 4.78 is 40.0. The molecule has 0 unspecified atom stereocenters. The Labute approximate surface area is 225 Å². The number of sulfonamides is 1. The molecule has 2 amide bonds. The van der Waals surface area contributed by atoms with E-state index in [0.29, 0.717) is 76.1 Å². The lowest BCUT2D eigenvalue weighted by Gasteiger charge is -2.34. The summed E-state index contributed by atoms with van der Waals surface area (Å²) in [5.74, 6) is 0.609. The number of amides is 2. The molecular formula is C26H41N5O6S. The number of aliphatic imine (C=N–C) groups is 1. The Morgan fingerprint density at radius 2 is 1.68 bits per heavy atom. The molecule has 1 aromatic rings. The van der Waals surface area contributed by atoms with Crippen molar-refractivity contribution >= 4 is 28.0 Å². The molecule has 38 heavy (non-hydrogen) atoms. The normalized spacial score (nSPS) is 17.2. The van der Waals surface area contributed by atoms with Crippen LogP contribution in [0.5, 0.6) is 5.75 Å². The van der Waals surface area contributed by atoms with E-state index in [4.69, 9.17) is 15.2 Å². The van der Waals surface area contributed by atoms with Crippen LogP contribution in [0.4, 0.5) is 4.79 Å². The van der Waals surface area contributed by atoms with Crippen molar-refractivity contribution in [2.45, 2.75) is 77.7 Å². The number of piperazine rings is 1. The molecule has 1 aromatic carbocycles. The van der Waals surface area contributed by atoms with Crippen LogP contribution in [0.25, 0.3) is 0 Å². The maximum absolute atomic E-state index is 13.3. The number of nitrogens with two attached hydrogens (primary N) is 1. The van der Waals surface area contributed by atoms with Gasteiger partial charge in [-0.15, -0.1) is 0 Å². The Hall–Kier alpha value is -3.02. The fourth-order valence-electron chi connectivity index (χ4n) is 4.97. The number of benzene rings is 1. The molecule has 12 heteroatoms. The minimum atomic E-state index is -3.95. The van der Waals surface area contributed by atoms with Crippen molar-refractivity contribution in [3.05, 3.63) is 22.3 Å². The van der Waals surface area contributed by atoms with Crippen molar-refractivity contribution in [2.75, 3.05) is 39.3 Å². The summed E-state index contributed by atoms with van der Waals surface area (Å²) in [4.78, 5) is 32.0. The number of carbonyl (C=O) groups is 2. The van der Waals surface area contributed by atoms with E-state index in [1.807, 2.05) is 20.8 Å². The van der Waals surface area contributed by atoms with Crippen LogP contribution in [0.3, 0.4) is 0 Å². The molecule has 0 bridgehead atoms. The minimum Gasteiger partial charge on any atom is -0.487 e. The number of hydrogen-bond donors (Lipinski definition) is 2. The largest absolute Gasteiger partial charge is 0.487 e. The lowest BCUT2D eigenvalue weighted by Crippen LogP contribution is -2.50. The number of fused-ring (bicyclic) bond motifs is 1. The van der Waals surface area contributed by atoms with Gasteiger partial charge in [0.2, 0.25) is 11.9 Å². The van der Waals surface area contributed by atoms with Crippen molar-refractivity contribution in [1.29, 1.82) is 0 Å². The molecule has 2 aliphatic rings. The molecule has 2 aliphatic heterocycles. The van der Waals surface area contributed by atoms with Gasteiger partial charge >= 0.3 is 6.09 Å². The Balaban J connectivity index is 1.50. The van der Waals surface area contributed by atoms with E-state index in [0.717, 1.165) is 16.9 Å². The Morgan fingerprint density at radius 1 is 1.05 bits per heavy atom. The molecule has 3 N–H and O–H groups in total. The average Bonchev–Trinajstić information content (AvgIpc) is 3.18. The van der Waals surface area contributed by atoms with Gasteiger partial charge in [-0.25, -0.2) is 17.9 Å². The molecule has 0 aliphatic carbocycles. The van der Waals surface area contributed by atoms with Crippen molar-refractivity contribution in [1.82, 2.24) is 14.5 Å². The molecule has 2 heterocycles. The highest BCUT2D eigenvalue weighted by Crippen LogP contribution is 2.43. The SMILES string of the molecule is CCOC(=O)N1CCN(C(=O)CCCCN=C(N)NS(=O)(=O)c2c(C)c(C)c3c(c2C)CC(C)(C)O3)CC1. The maximum Gasteiger partial charge on any atom is 0.409 e. The third kappa shape index (κ3) is 6.69. The van der Waals surface area contributed by atoms with E-state index in [2.05, 4.69) is 9.71 Å². The van der Waals surface area contributed by atoms with Crippen LogP contribution in [-0.4, -0.2) is 81.1 Å². The van der Waals surface area contributed by atoms with Crippen molar-refractivity contribution < 1.29 is 27.5 Å². The summed E-state index contributed by atoms with van der Waals surface area (Å²) in [6.45, 7) is 13.7. The lowest BCUT2D eigenvalue weighted by molar-refractivity contribution is -0.132. The van der Waals surface area contributed by atoms with Gasteiger partial charge in [-0.2, -0.15) is 0 Å². The summed E-state index contributed by atoms with van der Waals surface area (Å²) in [5.41, 5.74) is 8.53. The quantitative estimate of drug-likeness (QED) is 0.287. The first kappa shape index (κ1) is 29.5. The Kier molecular flexibility index (Phi) is 9.17. The van der Waals surface area contributed by atoms with Crippen molar-refractivity contribution in [2.24, 2.45) is 10.7 Å². The van der Waals surface area contributed by atoms with Crippen LogP contribution in [0.1, 0.15) is 62.3 Å². The van der Waals surface area contributed by atoms with E-state index in [1.165, 1.54) is 0 Å². The third-order valence-electron chi connectivity index (χ3n) is 7.04. The fraction of sp³-hybridized carbons (Fsp3) is 0.654. The molecule has 0 spiro atoms. The zero-order chi connectivity index (χ0) is 28.3. The van der Waals surface area contributed by atoms with Gasteiger partial charge in [0, 0.05) is 51.1 Å². The number of rotatable bonds is 8. The molecule has 1 saturated heterocycles. The zero-order valence-electron chi connectivity index (χ0n) is 23.3. The monoisotopic (exact) mass is 551 g/mol. The van der Waals surface area contributed by atoms with Gasteiger partial charge in [0.25, 0.3) is 10.0 Å². The second-order valence-electron chi connectivity index (χ2n) is 10.4. The van der Waals surface area contributed by atoms with E-state index < -0.39 is 10.0 Å². The number of nitrogens with one attached hydrogen (secondary N) is 1. The summed E-state index contributed by atoms with van der Waals surface area (Å²) in [6.07, 6.45) is 1.81. The van der Waals surface area contributed by atoms with Crippen molar-refractivity contribution in [3.8, 4) is 5.75 Å². The minimum absolute atomic E-state index is 0.0243. The van der Waals surface area contributed by atoms with Crippen molar-refractivity contribution in [3.63, 3.8) is 0 Å². The van der Waals surface area contributed by atoms with E-state index in [9.17, 15) is 18.0 Å². The first-order valence-electron chi connectivity index (χ1n) is 13.1. The standard InChI is InChI=1S/C26H41N5O6S/c1-7-36-25(33)31-14-12-30(13-15-31)21(32)10-8-9-11-28-24(27)29-38(34,35)23-18(3)17(2)22-20(19(23)4)16-26(5,6)37-22/h7-16H2,1-6H3,(H3,27,28,29). The van der Waals surface area contributed by atoms with Gasteiger partial charge in [0.15, 0.2) is 0 Å². The summed E-state index contributed by atoms with van der Waals surface area (Å²) in [7, 11) is -3.95. The second-order valence-corrected chi connectivity index (χ2v) is 12.1. The molecule has 3 rings (SSSR count). The third-order valence-corrected chi connectivity index (χ3v) is 8.67. The maximum atomic E-state index is 13.3. The van der Waals surface area contributed by atoms with Crippen LogP contribution in [0.2, 0.25) is 0 Å². The topological polar surface area (TPSA) is 144 Å². The number of ether oxygens (including phenoxy) is 2.